The molecule has 0 aliphatic carbocycles. The summed E-state index contributed by atoms with van der Waals surface area (Å²) in [4.78, 5) is 17.4. The fourth-order valence-electron chi connectivity index (χ4n) is 4.33. The second-order valence-corrected chi connectivity index (χ2v) is 8.36. The molecule has 0 radical (unpaired) electrons. The lowest BCUT2D eigenvalue weighted by atomic mass is 10.1. The maximum absolute atomic E-state index is 13.2. The summed E-state index contributed by atoms with van der Waals surface area (Å²) in [6.07, 6.45) is 0. The van der Waals surface area contributed by atoms with Crippen molar-refractivity contribution in [2.45, 2.75) is 13.5 Å². The molecule has 0 saturated carbocycles. The minimum atomic E-state index is 0.0376. The molecule has 3 aromatic carbocycles. The molecule has 0 N–H and O–H groups in total. The second-order valence-electron chi connectivity index (χ2n) is 8.36. The van der Waals surface area contributed by atoms with E-state index < -0.39 is 0 Å². The van der Waals surface area contributed by atoms with Gasteiger partial charge < -0.3 is 14.5 Å². The van der Waals surface area contributed by atoms with Crippen LogP contribution in [-0.4, -0.2) is 59.1 Å². The third-order valence-electron chi connectivity index (χ3n) is 6.33. The highest BCUT2D eigenvalue weighted by atomic mass is 16.5. The Morgan fingerprint density at radius 2 is 1.79 bits per heavy atom. The molecule has 5 rings (SSSR count). The normalized spacial score (nSPS) is 14.0. The number of piperazine rings is 1. The Morgan fingerprint density at radius 1 is 0.970 bits per heavy atom. The number of anilines is 1. The van der Waals surface area contributed by atoms with Crippen molar-refractivity contribution < 1.29 is 9.53 Å². The quantitative estimate of drug-likeness (QED) is 0.472. The zero-order valence-corrected chi connectivity index (χ0v) is 18.9. The molecule has 1 fully saturated rings. The second kappa shape index (κ2) is 8.94. The van der Waals surface area contributed by atoms with E-state index in [0.29, 0.717) is 25.2 Å². The molecule has 0 spiro atoms. The number of amides is 1. The lowest BCUT2D eigenvalue weighted by Crippen LogP contribution is -2.48. The van der Waals surface area contributed by atoms with Gasteiger partial charge in [-0.2, -0.15) is 0 Å². The summed E-state index contributed by atoms with van der Waals surface area (Å²) in [7, 11) is 1.67. The Hall–Kier alpha value is -3.87. The number of hydrogen-bond acceptors (Lipinski definition) is 5. The Kier molecular flexibility index (Phi) is 5.69. The highest BCUT2D eigenvalue weighted by molar-refractivity contribution is 5.97. The summed E-state index contributed by atoms with van der Waals surface area (Å²) >= 11 is 0. The predicted molar refractivity (Wildman–Crippen MR) is 129 cm³/mol. The van der Waals surface area contributed by atoms with Gasteiger partial charge in [-0.25, -0.2) is 4.68 Å². The molecule has 168 valence electrons. The first kappa shape index (κ1) is 21.0. The Bertz CT molecular complexity index is 1290. The number of aryl methyl sites for hydroxylation is 1. The lowest BCUT2D eigenvalue weighted by molar-refractivity contribution is 0.0747. The summed E-state index contributed by atoms with van der Waals surface area (Å²) < 4.78 is 7.22. The minimum absolute atomic E-state index is 0.0376. The summed E-state index contributed by atoms with van der Waals surface area (Å²) in [5.74, 6) is 0.880. The van der Waals surface area contributed by atoms with E-state index in [9.17, 15) is 4.79 Å². The highest BCUT2D eigenvalue weighted by Gasteiger charge is 2.23. The van der Waals surface area contributed by atoms with Crippen molar-refractivity contribution in [1.29, 1.82) is 0 Å². The van der Waals surface area contributed by atoms with Crippen LogP contribution in [0.1, 0.15) is 21.5 Å². The molecule has 1 aliphatic heterocycles. The monoisotopic (exact) mass is 441 g/mol. The average Bonchev–Trinajstić information content (AvgIpc) is 3.27. The van der Waals surface area contributed by atoms with Crippen molar-refractivity contribution >= 4 is 22.6 Å². The standard InChI is InChI=1S/C26H27N5O2/c1-19-6-3-4-7-21(19)18-31-25-11-10-20(16-24(25)27-28-31)26(32)30-14-12-29(13-15-30)22-8-5-9-23(17-22)33-2/h3-11,16-17H,12-15,18H2,1-2H3. The van der Waals surface area contributed by atoms with Crippen LogP contribution in [0.4, 0.5) is 5.69 Å². The van der Waals surface area contributed by atoms with Gasteiger partial charge in [0.25, 0.3) is 5.91 Å². The molecule has 0 bridgehead atoms. The zero-order valence-electron chi connectivity index (χ0n) is 18.9. The number of fused-ring (bicyclic) bond motifs is 1. The molecule has 1 aliphatic rings. The van der Waals surface area contributed by atoms with Crippen LogP contribution in [0.5, 0.6) is 5.75 Å². The fraction of sp³-hybridized carbons (Fsp3) is 0.269. The van der Waals surface area contributed by atoms with Crippen LogP contribution in [0.25, 0.3) is 11.0 Å². The molecule has 1 amide bonds. The summed E-state index contributed by atoms with van der Waals surface area (Å²) in [5.41, 5.74) is 5.87. The molecule has 1 aromatic heterocycles. The van der Waals surface area contributed by atoms with Crippen molar-refractivity contribution in [1.82, 2.24) is 19.9 Å². The molecule has 0 atom stereocenters. The van der Waals surface area contributed by atoms with Crippen LogP contribution in [0.2, 0.25) is 0 Å². The topological polar surface area (TPSA) is 63.5 Å². The van der Waals surface area contributed by atoms with Gasteiger partial charge in [0.2, 0.25) is 0 Å². The number of benzene rings is 3. The Balaban J connectivity index is 1.28. The van der Waals surface area contributed by atoms with Crippen LogP contribution in [0, 0.1) is 6.92 Å². The van der Waals surface area contributed by atoms with Crippen molar-refractivity contribution in [2.24, 2.45) is 0 Å². The molecule has 2 heterocycles. The first-order chi connectivity index (χ1) is 16.1. The van der Waals surface area contributed by atoms with Gasteiger partial charge in [0.15, 0.2) is 0 Å². The van der Waals surface area contributed by atoms with Crippen molar-refractivity contribution in [3.63, 3.8) is 0 Å². The van der Waals surface area contributed by atoms with Gasteiger partial charge in [-0.3, -0.25) is 4.79 Å². The number of carbonyl (C=O) groups is 1. The molecule has 7 heteroatoms. The van der Waals surface area contributed by atoms with E-state index in [0.717, 1.165) is 35.6 Å². The van der Waals surface area contributed by atoms with E-state index in [4.69, 9.17) is 4.74 Å². The highest BCUT2D eigenvalue weighted by Crippen LogP contribution is 2.23. The predicted octanol–water partition coefficient (Wildman–Crippen LogP) is 3.76. The maximum atomic E-state index is 13.2. The third-order valence-corrected chi connectivity index (χ3v) is 6.33. The van der Waals surface area contributed by atoms with Crippen LogP contribution >= 0.6 is 0 Å². The largest absolute Gasteiger partial charge is 0.497 e. The lowest BCUT2D eigenvalue weighted by Gasteiger charge is -2.36. The number of carbonyl (C=O) groups excluding carboxylic acids is 1. The molecule has 0 unspecified atom stereocenters. The van der Waals surface area contributed by atoms with Gasteiger partial charge >= 0.3 is 0 Å². The van der Waals surface area contributed by atoms with Crippen LogP contribution in [-0.2, 0) is 6.54 Å². The number of nitrogens with zero attached hydrogens (tertiary/aromatic N) is 5. The smallest absolute Gasteiger partial charge is 0.254 e. The fourth-order valence-corrected chi connectivity index (χ4v) is 4.33. The third kappa shape index (κ3) is 4.26. The van der Waals surface area contributed by atoms with Crippen molar-refractivity contribution in [3.05, 3.63) is 83.4 Å². The van der Waals surface area contributed by atoms with E-state index >= 15 is 0 Å². The Morgan fingerprint density at radius 3 is 2.58 bits per heavy atom. The number of methoxy groups -OCH3 is 1. The van der Waals surface area contributed by atoms with Crippen molar-refractivity contribution in [2.75, 3.05) is 38.2 Å². The van der Waals surface area contributed by atoms with Crippen LogP contribution in [0.15, 0.2) is 66.7 Å². The van der Waals surface area contributed by atoms with E-state index in [1.807, 2.05) is 58.1 Å². The van der Waals surface area contributed by atoms with Gasteiger partial charge in [-0.1, -0.05) is 35.5 Å². The zero-order chi connectivity index (χ0) is 22.8. The van der Waals surface area contributed by atoms with E-state index in [2.05, 4.69) is 40.3 Å². The number of ether oxygens (including phenoxy) is 1. The summed E-state index contributed by atoms with van der Waals surface area (Å²) in [6.45, 7) is 5.67. The SMILES string of the molecule is COc1cccc(N2CCN(C(=O)c3ccc4c(c3)nnn4Cc3ccccc3C)CC2)c1. The molecule has 4 aromatic rings. The van der Waals surface area contributed by atoms with Crippen LogP contribution < -0.4 is 9.64 Å². The van der Waals surface area contributed by atoms with Gasteiger partial charge in [0.1, 0.15) is 11.3 Å². The van der Waals surface area contributed by atoms with E-state index in [-0.39, 0.29) is 5.91 Å². The van der Waals surface area contributed by atoms with Gasteiger partial charge in [0.05, 0.1) is 19.2 Å². The molecular formula is C26H27N5O2. The molecule has 33 heavy (non-hydrogen) atoms. The molecular weight excluding hydrogens is 414 g/mol. The number of aromatic nitrogens is 3. The van der Waals surface area contributed by atoms with Crippen molar-refractivity contribution in [3.8, 4) is 5.75 Å². The summed E-state index contributed by atoms with van der Waals surface area (Å²) in [6, 6.07) is 22.0. The molecule has 7 nitrogen and oxygen atoms in total. The van der Waals surface area contributed by atoms with E-state index in [1.54, 1.807) is 7.11 Å². The number of hydrogen-bond donors (Lipinski definition) is 0. The van der Waals surface area contributed by atoms with Gasteiger partial charge in [-0.15, -0.1) is 5.10 Å². The minimum Gasteiger partial charge on any atom is -0.497 e. The van der Waals surface area contributed by atoms with Gasteiger partial charge in [0, 0.05) is 43.5 Å². The van der Waals surface area contributed by atoms with Gasteiger partial charge in [-0.05, 0) is 48.4 Å². The van der Waals surface area contributed by atoms with Crippen LogP contribution in [0.3, 0.4) is 0 Å². The van der Waals surface area contributed by atoms with E-state index in [1.165, 1.54) is 11.1 Å². The first-order valence-electron chi connectivity index (χ1n) is 11.2. The Labute approximate surface area is 193 Å². The maximum Gasteiger partial charge on any atom is 0.254 e. The summed E-state index contributed by atoms with van der Waals surface area (Å²) in [5, 5.41) is 8.65. The average molecular weight is 442 g/mol. The molecule has 1 saturated heterocycles. The number of rotatable bonds is 5. The first-order valence-corrected chi connectivity index (χ1v) is 11.2.